The molecule has 10 heteroatoms. The minimum absolute atomic E-state index is 0.0142. The Kier molecular flexibility index (Phi) is 4.47. The lowest BCUT2D eigenvalue weighted by Gasteiger charge is -2.29. The third kappa shape index (κ3) is 3.48. The fourth-order valence-electron chi connectivity index (χ4n) is 3.12. The van der Waals surface area contributed by atoms with Gasteiger partial charge in [-0.3, -0.25) is 9.10 Å². The number of hydrogen-bond acceptors (Lipinski definition) is 7. The van der Waals surface area contributed by atoms with Gasteiger partial charge in [0, 0.05) is 12.1 Å². The zero-order chi connectivity index (χ0) is 18.3. The number of anilines is 1. The van der Waals surface area contributed by atoms with Crippen LogP contribution in [0, 0.1) is 0 Å². The molecule has 0 bridgehead atoms. The van der Waals surface area contributed by atoms with Crippen LogP contribution in [-0.2, 0) is 16.4 Å². The molecule has 8 nitrogen and oxygen atoms in total. The highest BCUT2D eigenvalue weighted by atomic mass is 32.2. The minimum atomic E-state index is -3.30. The largest absolute Gasteiger partial charge is 0.293 e. The standard InChI is InChI=1S/C16H19N5O3S2/c1-26(23,24)20-8-2-3-11-9-12(4-7-14(11)20)15(22)10-25-16-17-18-19-21(16)13-5-6-13/h4,7,9,13H,2-3,5-6,8,10H2,1H3. The van der Waals surface area contributed by atoms with Crippen LogP contribution in [-0.4, -0.2) is 53.0 Å². The molecule has 0 amide bonds. The quantitative estimate of drug-likeness (QED) is 0.544. The summed E-state index contributed by atoms with van der Waals surface area (Å²) in [5.41, 5.74) is 2.18. The van der Waals surface area contributed by atoms with E-state index in [9.17, 15) is 13.2 Å². The number of nitrogens with zero attached hydrogens (tertiary/aromatic N) is 5. The molecule has 1 saturated carbocycles. The lowest BCUT2D eigenvalue weighted by molar-refractivity contribution is 0.102. The van der Waals surface area contributed by atoms with Crippen LogP contribution in [0.15, 0.2) is 23.4 Å². The zero-order valence-electron chi connectivity index (χ0n) is 14.3. The van der Waals surface area contributed by atoms with Crippen LogP contribution in [0.25, 0.3) is 0 Å². The molecule has 1 aromatic carbocycles. The monoisotopic (exact) mass is 393 g/mol. The molecule has 0 radical (unpaired) electrons. The van der Waals surface area contributed by atoms with Gasteiger partial charge in [-0.05, 0) is 59.9 Å². The molecule has 0 unspecified atom stereocenters. The van der Waals surface area contributed by atoms with Crippen molar-refractivity contribution in [3.05, 3.63) is 29.3 Å². The molecule has 1 aromatic heterocycles. The van der Waals surface area contributed by atoms with E-state index >= 15 is 0 Å². The first-order valence-corrected chi connectivity index (χ1v) is 11.3. The highest BCUT2D eigenvalue weighted by Gasteiger charge is 2.28. The number of rotatable bonds is 6. The highest BCUT2D eigenvalue weighted by Crippen LogP contribution is 2.36. The second-order valence-corrected chi connectivity index (χ2v) is 9.48. The first-order chi connectivity index (χ1) is 12.4. The summed E-state index contributed by atoms with van der Waals surface area (Å²) in [6.07, 6.45) is 4.89. The second kappa shape index (κ2) is 6.66. The topological polar surface area (TPSA) is 98.1 Å². The van der Waals surface area contributed by atoms with E-state index < -0.39 is 10.0 Å². The Morgan fingerprint density at radius 1 is 1.35 bits per heavy atom. The number of tetrazole rings is 1. The lowest BCUT2D eigenvalue weighted by atomic mass is 9.99. The average Bonchev–Trinajstić information content (AvgIpc) is 3.35. The van der Waals surface area contributed by atoms with Gasteiger partial charge < -0.3 is 0 Å². The van der Waals surface area contributed by atoms with Crippen LogP contribution < -0.4 is 4.31 Å². The van der Waals surface area contributed by atoms with E-state index in [1.807, 2.05) is 6.07 Å². The van der Waals surface area contributed by atoms with Crippen molar-refractivity contribution in [1.82, 2.24) is 20.2 Å². The number of ketones is 1. The summed E-state index contributed by atoms with van der Waals surface area (Å²) in [6.45, 7) is 0.485. The zero-order valence-corrected chi connectivity index (χ0v) is 16.0. The van der Waals surface area contributed by atoms with Crippen LogP contribution >= 0.6 is 11.8 Å². The first-order valence-electron chi connectivity index (χ1n) is 8.48. The van der Waals surface area contributed by atoms with Crippen molar-refractivity contribution in [2.75, 3.05) is 22.9 Å². The Morgan fingerprint density at radius 2 is 2.15 bits per heavy atom. The molecule has 1 fully saturated rings. The summed E-state index contributed by atoms with van der Waals surface area (Å²) in [5, 5.41) is 12.3. The molecule has 0 N–H and O–H groups in total. The van der Waals surface area contributed by atoms with Crippen molar-refractivity contribution in [3.63, 3.8) is 0 Å². The SMILES string of the molecule is CS(=O)(=O)N1CCCc2cc(C(=O)CSc3nnnn3C3CC3)ccc21. The molecule has 0 atom stereocenters. The molecule has 2 heterocycles. The Hall–Kier alpha value is -1.94. The highest BCUT2D eigenvalue weighted by molar-refractivity contribution is 7.99. The van der Waals surface area contributed by atoms with E-state index in [1.165, 1.54) is 22.3 Å². The van der Waals surface area contributed by atoms with Crippen molar-refractivity contribution >= 4 is 33.3 Å². The van der Waals surface area contributed by atoms with Crippen molar-refractivity contribution < 1.29 is 13.2 Å². The predicted molar refractivity (Wildman–Crippen MR) is 98.1 cm³/mol. The molecule has 0 saturated heterocycles. The van der Waals surface area contributed by atoms with E-state index in [0.717, 1.165) is 31.2 Å². The van der Waals surface area contributed by atoms with Gasteiger partial charge in [0.05, 0.1) is 23.7 Å². The third-order valence-corrected chi connectivity index (χ3v) is 6.68. The number of benzene rings is 1. The number of aryl methyl sites for hydroxylation is 1. The predicted octanol–water partition coefficient (Wildman–Crippen LogP) is 1.70. The normalized spacial score (nSPS) is 17.2. The van der Waals surface area contributed by atoms with Gasteiger partial charge in [0.1, 0.15) is 0 Å². The second-order valence-electron chi connectivity index (χ2n) is 6.63. The number of hydrogen-bond donors (Lipinski definition) is 0. The lowest BCUT2D eigenvalue weighted by Crippen LogP contribution is -2.34. The van der Waals surface area contributed by atoms with Gasteiger partial charge in [-0.15, -0.1) is 5.10 Å². The van der Waals surface area contributed by atoms with E-state index in [-0.39, 0.29) is 11.5 Å². The first kappa shape index (κ1) is 17.5. The summed E-state index contributed by atoms with van der Waals surface area (Å²) < 4.78 is 27.1. The van der Waals surface area contributed by atoms with Crippen LogP contribution in [0.1, 0.15) is 41.2 Å². The summed E-state index contributed by atoms with van der Waals surface area (Å²) in [5.74, 6) is 0.237. The Labute approximate surface area is 156 Å². The maximum Gasteiger partial charge on any atom is 0.232 e. The van der Waals surface area contributed by atoms with E-state index in [1.54, 1.807) is 16.8 Å². The van der Waals surface area contributed by atoms with E-state index in [4.69, 9.17) is 0 Å². The summed E-state index contributed by atoms with van der Waals surface area (Å²) in [4.78, 5) is 12.6. The summed E-state index contributed by atoms with van der Waals surface area (Å²) in [6, 6.07) is 5.63. The maximum absolute atomic E-state index is 12.6. The molecule has 26 heavy (non-hydrogen) atoms. The number of carbonyl (C=O) groups is 1. The number of carbonyl (C=O) groups excluding carboxylic acids is 1. The molecule has 0 spiro atoms. The van der Waals surface area contributed by atoms with E-state index in [0.29, 0.717) is 29.0 Å². The molecule has 138 valence electrons. The number of thioether (sulfide) groups is 1. The van der Waals surface area contributed by atoms with Crippen molar-refractivity contribution in [3.8, 4) is 0 Å². The Bertz CT molecular complexity index is 953. The van der Waals surface area contributed by atoms with Gasteiger partial charge in [-0.2, -0.15) is 0 Å². The van der Waals surface area contributed by atoms with Crippen molar-refractivity contribution in [1.29, 1.82) is 0 Å². The average molecular weight is 393 g/mol. The number of aromatic nitrogens is 4. The Balaban J connectivity index is 1.49. The Morgan fingerprint density at radius 3 is 2.88 bits per heavy atom. The molecule has 2 aliphatic rings. The fourth-order valence-corrected chi connectivity index (χ4v) is 4.96. The molecule has 2 aromatic rings. The maximum atomic E-state index is 12.6. The number of sulfonamides is 1. The summed E-state index contributed by atoms with van der Waals surface area (Å²) >= 11 is 1.34. The van der Waals surface area contributed by atoms with Crippen molar-refractivity contribution in [2.45, 2.75) is 36.9 Å². The van der Waals surface area contributed by atoms with Crippen molar-refractivity contribution in [2.24, 2.45) is 0 Å². The minimum Gasteiger partial charge on any atom is -0.293 e. The third-order valence-electron chi connectivity index (χ3n) is 4.57. The van der Waals surface area contributed by atoms with Gasteiger partial charge in [-0.1, -0.05) is 11.8 Å². The van der Waals surface area contributed by atoms with Crippen LogP contribution in [0.2, 0.25) is 0 Å². The van der Waals surface area contributed by atoms with Gasteiger partial charge in [-0.25, -0.2) is 13.1 Å². The molecule has 1 aliphatic carbocycles. The fraction of sp³-hybridized carbons (Fsp3) is 0.500. The molecule has 1 aliphatic heterocycles. The van der Waals surface area contributed by atoms with Crippen LogP contribution in [0.4, 0.5) is 5.69 Å². The van der Waals surface area contributed by atoms with Gasteiger partial charge >= 0.3 is 0 Å². The van der Waals surface area contributed by atoms with Gasteiger partial charge in [0.15, 0.2) is 5.78 Å². The number of Topliss-reactive ketones (excluding diaryl/α,β-unsaturated/α-hetero) is 1. The van der Waals surface area contributed by atoms with Gasteiger partial charge in [0.2, 0.25) is 15.2 Å². The summed E-state index contributed by atoms with van der Waals surface area (Å²) in [7, 11) is -3.30. The smallest absolute Gasteiger partial charge is 0.232 e. The molecule has 4 rings (SSSR count). The number of fused-ring (bicyclic) bond motifs is 1. The molecular weight excluding hydrogens is 374 g/mol. The van der Waals surface area contributed by atoms with Crippen LogP contribution in [0.5, 0.6) is 0 Å². The van der Waals surface area contributed by atoms with Gasteiger partial charge in [0.25, 0.3) is 0 Å². The van der Waals surface area contributed by atoms with Crippen LogP contribution in [0.3, 0.4) is 0 Å². The molecular formula is C16H19N5O3S2. The van der Waals surface area contributed by atoms with E-state index in [2.05, 4.69) is 15.5 Å².